The van der Waals surface area contributed by atoms with E-state index in [0.717, 1.165) is 66.9 Å². The molecule has 3 aromatic rings. The molecular formula is C28H31N3O4. The third kappa shape index (κ3) is 4.22. The van der Waals surface area contributed by atoms with Gasteiger partial charge in [0.15, 0.2) is 0 Å². The van der Waals surface area contributed by atoms with E-state index >= 15 is 0 Å². The first-order valence-electron chi connectivity index (χ1n) is 12.6. The fraction of sp³-hybridized carbons (Fsp3) is 0.464. The number of piperidine rings is 1. The number of aromatic nitrogens is 2. The average molecular weight is 474 g/mol. The van der Waals surface area contributed by atoms with Crippen molar-refractivity contribution in [1.29, 1.82) is 0 Å². The number of benzene rings is 1. The number of carbonyl (C=O) groups excluding carboxylic acids is 1. The van der Waals surface area contributed by atoms with Gasteiger partial charge in [0, 0.05) is 35.3 Å². The standard InChI is InChI=1S/C28H31N3O4/c1-17-5-3-4-6-23(17)26-24(27(35-30-26)18-7-8-18)16-34-22-14-20-9-10-21(15-22)31(20)25-13-19(11-12-29-25)28(32)33-2/h3-6,11-13,18,20-22H,7-10,14-16H2,1-2H3/t20-,21?,22?/m0/s1. The fourth-order valence-corrected chi connectivity index (χ4v) is 5.82. The number of nitrogens with zero attached hydrogens (tertiary/aromatic N) is 3. The van der Waals surface area contributed by atoms with Crippen molar-refractivity contribution in [2.45, 2.75) is 76.2 Å². The van der Waals surface area contributed by atoms with Gasteiger partial charge in [-0.3, -0.25) is 0 Å². The highest BCUT2D eigenvalue weighted by Gasteiger charge is 2.42. The molecule has 0 radical (unpaired) electrons. The van der Waals surface area contributed by atoms with E-state index in [1.54, 1.807) is 12.3 Å². The van der Waals surface area contributed by atoms with E-state index < -0.39 is 0 Å². The highest BCUT2D eigenvalue weighted by atomic mass is 16.5. The Bertz CT molecular complexity index is 1220. The molecule has 2 unspecified atom stereocenters. The zero-order valence-corrected chi connectivity index (χ0v) is 20.3. The predicted octanol–water partition coefficient (Wildman–Crippen LogP) is 5.43. The van der Waals surface area contributed by atoms with Crippen LogP contribution in [0.25, 0.3) is 11.3 Å². The third-order valence-corrected chi connectivity index (χ3v) is 7.75. The lowest BCUT2D eigenvalue weighted by atomic mass is 9.98. The van der Waals surface area contributed by atoms with Crippen molar-refractivity contribution in [2.75, 3.05) is 12.0 Å². The summed E-state index contributed by atoms with van der Waals surface area (Å²) >= 11 is 0. The summed E-state index contributed by atoms with van der Waals surface area (Å²) in [6.45, 7) is 2.64. The zero-order chi connectivity index (χ0) is 23.9. The maximum atomic E-state index is 12.0. The average Bonchev–Trinajstić information content (AvgIpc) is 3.59. The second kappa shape index (κ2) is 9.11. The summed E-state index contributed by atoms with van der Waals surface area (Å²) in [5, 5.41) is 4.49. The Morgan fingerprint density at radius 1 is 1.11 bits per heavy atom. The van der Waals surface area contributed by atoms with Crippen molar-refractivity contribution in [3.8, 4) is 11.3 Å². The van der Waals surface area contributed by atoms with Crippen LogP contribution >= 0.6 is 0 Å². The Balaban J connectivity index is 1.18. The predicted molar refractivity (Wildman–Crippen MR) is 131 cm³/mol. The normalized spacial score (nSPS) is 23.5. The summed E-state index contributed by atoms with van der Waals surface area (Å²) in [7, 11) is 1.41. The third-order valence-electron chi connectivity index (χ3n) is 7.75. The molecule has 7 heteroatoms. The van der Waals surface area contributed by atoms with Crippen molar-refractivity contribution in [3.63, 3.8) is 0 Å². The number of aryl methyl sites for hydroxylation is 1. The van der Waals surface area contributed by atoms with Crippen LogP contribution in [0.3, 0.4) is 0 Å². The number of rotatable bonds is 7. The molecule has 4 heterocycles. The van der Waals surface area contributed by atoms with Gasteiger partial charge in [-0.05, 0) is 63.1 Å². The van der Waals surface area contributed by atoms with Gasteiger partial charge >= 0.3 is 5.97 Å². The monoisotopic (exact) mass is 473 g/mol. The fourth-order valence-electron chi connectivity index (χ4n) is 5.82. The van der Waals surface area contributed by atoms with Crippen molar-refractivity contribution in [2.24, 2.45) is 0 Å². The van der Waals surface area contributed by atoms with Crippen LogP contribution in [-0.4, -0.2) is 41.4 Å². The van der Waals surface area contributed by atoms with Crippen molar-refractivity contribution in [1.82, 2.24) is 10.1 Å². The van der Waals surface area contributed by atoms with Gasteiger partial charge < -0.3 is 18.9 Å². The molecule has 6 rings (SSSR count). The van der Waals surface area contributed by atoms with Crippen LogP contribution in [0.5, 0.6) is 0 Å². The van der Waals surface area contributed by atoms with Gasteiger partial charge in [0.1, 0.15) is 17.3 Å². The molecular weight excluding hydrogens is 442 g/mol. The van der Waals surface area contributed by atoms with Gasteiger partial charge in [-0.1, -0.05) is 29.4 Å². The molecule has 1 saturated carbocycles. The summed E-state index contributed by atoms with van der Waals surface area (Å²) in [5.41, 5.74) is 4.89. The molecule has 2 aromatic heterocycles. The SMILES string of the molecule is COC(=O)c1ccnc(N2C3CC[C@H]2CC(OCc2c(-c4ccccc4C)noc2C2CC2)C3)c1. The van der Waals surface area contributed by atoms with Gasteiger partial charge in [-0.15, -0.1) is 0 Å². The minimum absolute atomic E-state index is 0.180. The number of hydrogen-bond donors (Lipinski definition) is 0. The zero-order valence-electron chi connectivity index (χ0n) is 20.3. The first kappa shape index (κ1) is 22.3. The van der Waals surface area contributed by atoms with Crippen molar-refractivity contribution in [3.05, 3.63) is 65.0 Å². The van der Waals surface area contributed by atoms with Crippen molar-refractivity contribution < 1.29 is 18.8 Å². The maximum Gasteiger partial charge on any atom is 0.338 e. The molecule has 0 amide bonds. The summed E-state index contributed by atoms with van der Waals surface area (Å²) in [6, 6.07) is 12.6. The summed E-state index contributed by atoms with van der Waals surface area (Å²) in [6.07, 6.45) is 8.33. The van der Waals surface area contributed by atoms with Gasteiger partial charge in [0.25, 0.3) is 0 Å². The summed E-state index contributed by atoms with van der Waals surface area (Å²) < 4.78 is 17.3. The molecule has 3 fully saturated rings. The second-order valence-electron chi connectivity index (χ2n) is 10.1. The Morgan fingerprint density at radius 2 is 1.89 bits per heavy atom. The maximum absolute atomic E-state index is 12.0. The quantitative estimate of drug-likeness (QED) is 0.424. The van der Waals surface area contributed by atoms with E-state index in [1.807, 2.05) is 6.07 Å². The molecule has 3 atom stereocenters. The molecule has 0 N–H and O–H groups in total. The van der Waals surface area contributed by atoms with Crippen LogP contribution in [0.1, 0.15) is 71.7 Å². The molecule has 2 saturated heterocycles. The molecule has 0 spiro atoms. The van der Waals surface area contributed by atoms with E-state index in [9.17, 15) is 4.79 Å². The lowest BCUT2D eigenvalue weighted by Gasteiger charge is -2.39. The number of carbonyl (C=O) groups is 1. The van der Waals surface area contributed by atoms with E-state index in [0.29, 0.717) is 30.2 Å². The smallest absolute Gasteiger partial charge is 0.338 e. The number of fused-ring (bicyclic) bond motifs is 2. The van der Waals surface area contributed by atoms with Crippen LogP contribution in [0.15, 0.2) is 47.1 Å². The molecule has 2 bridgehead atoms. The number of hydrogen-bond acceptors (Lipinski definition) is 7. The number of pyridine rings is 1. The highest BCUT2D eigenvalue weighted by Crippen LogP contribution is 2.45. The van der Waals surface area contributed by atoms with Crippen LogP contribution < -0.4 is 4.90 Å². The van der Waals surface area contributed by atoms with E-state index in [2.05, 4.69) is 46.2 Å². The van der Waals surface area contributed by atoms with Crippen molar-refractivity contribution >= 4 is 11.8 Å². The molecule has 7 nitrogen and oxygen atoms in total. The molecule has 1 aromatic carbocycles. The molecule has 3 aliphatic rings. The minimum atomic E-state index is -0.330. The molecule has 182 valence electrons. The number of ether oxygens (including phenoxy) is 2. The molecule has 1 aliphatic carbocycles. The Hall–Kier alpha value is -3.19. The molecule has 35 heavy (non-hydrogen) atoms. The lowest BCUT2D eigenvalue weighted by Crippen LogP contribution is -2.46. The van der Waals surface area contributed by atoms with Gasteiger partial charge in [-0.25, -0.2) is 9.78 Å². The lowest BCUT2D eigenvalue weighted by molar-refractivity contribution is 0.0145. The first-order chi connectivity index (χ1) is 17.1. The van der Waals surface area contributed by atoms with Gasteiger partial charge in [0.2, 0.25) is 0 Å². The summed E-state index contributed by atoms with van der Waals surface area (Å²) in [5.74, 6) is 2.01. The van der Waals surface area contributed by atoms with E-state index in [1.165, 1.54) is 12.7 Å². The Labute approximate surface area is 205 Å². The number of anilines is 1. The van der Waals surface area contributed by atoms with Crippen LogP contribution in [0.4, 0.5) is 5.82 Å². The van der Waals surface area contributed by atoms with E-state index in [-0.39, 0.29) is 12.1 Å². The minimum Gasteiger partial charge on any atom is -0.465 e. The topological polar surface area (TPSA) is 77.7 Å². The van der Waals surface area contributed by atoms with E-state index in [4.69, 9.17) is 14.0 Å². The first-order valence-corrected chi connectivity index (χ1v) is 12.6. The Kier molecular flexibility index (Phi) is 5.80. The number of methoxy groups -OCH3 is 1. The molecule has 2 aliphatic heterocycles. The van der Waals surface area contributed by atoms with Crippen LogP contribution in [0, 0.1) is 6.92 Å². The van der Waals surface area contributed by atoms with Gasteiger partial charge in [-0.2, -0.15) is 0 Å². The Morgan fingerprint density at radius 3 is 2.60 bits per heavy atom. The number of esters is 1. The van der Waals surface area contributed by atoms with Crippen LogP contribution in [0.2, 0.25) is 0 Å². The summed E-state index contributed by atoms with van der Waals surface area (Å²) in [4.78, 5) is 19.0. The second-order valence-corrected chi connectivity index (χ2v) is 10.1. The van der Waals surface area contributed by atoms with Gasteiger partial charge in [0.05, 0.1) is 25.4 Å². The highest BCUT2D eigenvalue weighted by molar-refractivity contribution is 5.90. The van der Waals surface area contributed by atoms with Crippen LogP contribution in [-0.2, 0) is 16.1 Å². The largest absolute Gasteiger partial charge is 0.465 e.